The third-order valence-electron chi connectivity index (χ3n) is 3.57. The van der Waals surface area contributed by atoms with Gasteiger partial charge in [0.25, 0.3) is 0 Å². The fraction of sp³-hybridized carbons (Fsp3) is 0.167. The maximum atomic E-state index is 12.6. The van der Waals surface area contributed by atoms with E-state index in [4.69, 9.17) is 9.26 Å². The van der Waals surface area contributed by atoms with Crippen molar-refractivity contribution in [3.63, 3.8) is 0 Å². The first-order valence-electron chi connectivity index (χ1n) is 7.57. The van der Waals surface area contributed by atoms with Crippen molar-refractivity contribution in [1.82, 2.24) is 10.1 Å². The molecule has 8 heteroatoms. The van der Waals surface area contributed by atoms with Crippen molar-refractivity contribution >= 4 is 5.97 Å². The Hall–Kier alpha value is -3.16. The molecule has 0 spiro atoms. The molecule has 2 heterocycles. The van der Waals surface area contributed by atoms with Crippen LogP contribution >= 0.6 is 0 Å². The molecule has 3 rings (SSSR count). The van der Waals surface area contributed by atoms with Crippen LogP contribution < -0.4 is 0 Å². The normalized spacial score (nSPS) is 11.4. The van der Waals surface area contributed by atoms with Gasteiger partial charge in [-0.15, -0.1) is 0 Å². The number of aryl methyl sites for hydroxylation is 1. The summed E-state index contributed by atoms with van der Waals surface area (Å²) in [6.45, 7) is 1.12. The van der Waals surface area contributed by atoms with Crippen LogP contribution in [0.15, 0.2) is 53.1 Å². The van der Waals surface area contributed by atoms with Gasteiger partial charge in [0.2, 0.25) is 0 Å². The number of esters is 1. The van der Waals surface area contributed by atoms with Crippen LogP contribution in [0.25, 0.3) is 11.3 Å². The van der Waals surface area contributed by atoms with Crippen LogP contribution in [-0.4, -0.2) is 16.1 Å². The summed E-state index contributed by atoms with van der Waals surface area (Å²) in [4.78, 5) is 15.5. The van der Waals surface area contributed by atoms with E-state index in [-0.39, 0.29) is 17.9 Å². The minimum atomic E-state index is -4.57. The Kier molecular flexibility index (Phi) is 4.75. The highest BCUT2D eigenvalue weighted by molar-refractivity contribution is 5.90. The van der Waals surface area contributed by atoms with Crippen LogP contribution in [0.4, 0.5) is 13.2 Å². The van der Waals surface area contributed by atoms with E-state index in [0.29, 0.717) is 11.5 Å². The number of nitrogens with zero attached hydrogens (tertiary/aromatic N) is 2. The fourth-order valence-electron chi connectivity index (χ4n) is 2.28. The molecule has 0 fully saturated rings. The first kappa shape index (κ1) is 17.7. The molecule has 26 heavy (non-hydrogen) atoms. The predicted molar refractivity (Wildman–Crippen MR) is 85.0 cm³/mol. The van der Waals surface area contributed by atoms with E-state index in [2.05, 4.69) is 10.1 Å². The van der Waals surface area contributed by atoms with Gasteiger partial charge in [-0.05, 0) is 19.1 Å². The number of pyridine rings is 1. The van der Waals surface area contributed by atoms with E-state index in [9.17, 15) is 18.0 Å². The average molecular weight is 362 g/mol. The van der Waals surface area contributed by atoms with Crippen molar-refractivity contribution in [3.05, 3.63) is 71.2 Å². The number of halogens is 3. The van der Waals surface area contributed by atoms with Crippen LogP contribution in [-0.2, 0) is 17.5 Å². The summed E-state index contributed by atoms with van der Waals surface area (Å²) in [5, 5.41) is 3.89. The minimum absolute atomic E-state index is 0.0409. The summed E-state index contributed by atoms with van der Waals surface area (Å²) in [6.07, 6.45) is -4.57. The second-order valence-corrected chi connectivity index (χ2v) is 5.45. The van der Waals surface area contributed by atoms with Gasteiger partial charge in [0, 0.05) is 11.6 Å². The molecule has 0 saturated heterocycles. The van der Waals surface area contributed by atoms with Crippen molar-refractivity contribution in [2.75, 3.05) is 0 Å². The van der Waals surface area contributed by atoms with Crippen LogP contribution in [0.2, 0.25) is 0 Å². The Bertz CT molecular complexity index is 921. The fourth-order valence-corrected chi connectivity index (χ4v) is 2.28. The van der Waals surface area contributed by atoms with Crippen LogP contribution in [0.3, 0.4) is 0 Å². The third kappa shape index (κ3) is 3.90. The third-order valence-corrected chi connectivity index (χ3v) is 3.57. The number of alkyl halides is 3. The molecular formula is C18H13F3N2O3. The van der Waals surface area contributed by atoms with Crippen molar-refractivity contribution in [1.29, 1.82) is 0 Å². The molecule has 0 unspecified atom stereocenters. The minimum Gasteiger partial charge on any atom is -0.454 e. The zero-order valence-corrected chi connectivity index (χ0v) is 13.6. The first-order chi connectivity index (χ1) is 12.3. The second-order valence-electron chi connectivity index (χ2n) is 5.45. The van der Waals surface area contributed by atoms with Gasteiger partial charge < -0.3 is 9.26 Å². The number of ether oxygens (including phenoxy) is 1. The molecule has 2 aromatic heterocycles. The lowest BCUT2D eigenvalue weighted by atomic mass is 10.1. The number of aromatic nitrogens is 2. The summed E-state index contributed by atoms with van der Waals surface area (Å²) in [6, 6.07) is 12.7. The van der Waals surface area contributed by atoms with Crippen molar-refractivity contribution in [2.45, 2.75) is 19.7 Å². The van der Waals surface area contributed by atoms with Crippen molar-refractivity contribution in [3.8, 4) is 11.3 Å². The van der Waals surface area contributed by atoms with E-state index < -0.39 is 17.8 Å². The van der Waals surface area contributed by atoms with Crippen molar-refractivity contribution < 1.29 is 27.2 Å². The molecule has 0 atom stereocenters. The van der Waals surface area contributed by atoms with Crippen LogP contribution in [0.1, 0.15) is 27.5 Å². The van der Waals surface area contributed by atoms with E-state index in [1.165, 1.54) is 6.92 Å². The molecule has 0 amide bonds. The molecule has 0 aliphatic heterocycles. The van der Waals surface area contributed by atoms with Gasteiger partial charge in [-0.2, -0.15) is 13.2 Å². The number of rotatable bonds is 4. The average Bonchev–Trinajstić information content (AvgIpc) is 3.08. The van der Waals surface area contributed by atoms with E-state index in [1.807, 2.05) is 30.3 Å². The Morgan fingerprint density at radius 1 is 1.15 bits per heavy atom. The van der Waals surface area contributed by atoms with E-state index >= 15 is 0 Å². The summed E-state index contributed by atoms with van der Waals surface area (Å²) >= 11 is 0. The van der Waals surface area contributed by atoms with Gasteiger partial charge in [0.15, 0.2) is 12.4 Å². The van der Waals surface area contributed by atoms with E-state index in [1.54, 1.807) is 6.07 Å². The SMILES string of the molecule is Cc1nc(C(F)(F)F)ccc1C(=O)OCc1cc(-c2ccccc2)no1. The standard InChI is InChI=1S/C18H13F3N2O3/c1-11-14(7-8-16(22-11)18(19,20)21)17(24)25-10-13-9-15(23-26-13)12-5-3-2-4-6-12/h2-9H,10H2,1H3. The lowest BCUT2D eigenvalue weighted by Crippen LogP contribution is -2.13. The molecule has 3 aromatic rings. The molecule has 5 nitrogen and oxygen atoms in total. The largest absolute Gasteiger partial charge is 0.454 e. The zero-order chi connectivity index (χ0) is 18.7. The molecule has 0 radical (unpaired) electrons. The topological polar surface area (TPSA) is 65.2 Å². The Morgan fingerprint density at radius 2 is 1.88 bits per heavy atom. The quantitative estimate of drug-likeness (QED) is 0.643. The summed E-state index contributed by atoms with van der Waals surface area (Å²) < 4.78 is 48.0. The van der Waals surface area contributed by atoms with Gasteiger partial charge >= 0.3 is 12.1 Å². The Labute approximate surface area is 146 Å². The summed E-state index contributed by atoms with van der Waals surface area (Å²) in [5.41, 5.74) is 0.267. The van der Waals surface area contributed by atoms with Gasteiger partial charge in [-0.3, -0.25) is 0 Å². The molecule has 0 aliphatic rings. The first-order valence-corrected chi connectivity index (χ1v) is 7.57. The number of carbonyl (C=O) groups is 1. The number of benzene rings is 1. The van der Waals surface area contributed by atoms with E-state index in [0.717, 1.165) is 17.7 Å². The van der Waals surface area contributed by atoms with Gasteiger partial charge in [-0.1, -0.05) is 35.5 Å². The van der Waals surface area contributed by atoms with Gasteiger partial charge in [0.1, 0.15) is 11.4 Å². The second kappa shape index (κ2) is 6.99. The highest BCUT2D eigenvalue weighted by Gasteiger charge is 2.33. The Morgan fingerprint density at radius 3 is 2.54 bits per heavy atom. The lowest BCUT2D eigenvalue weighted by molar-refractivity contribution is -0.141. The lowest BCUT2D eigenvalue weighted by Gasteiger charge is -2.09. The highest BCUT2D eigenvalue weighted by Crippen LogP contribution is 2.28. The van der Waals surface area contributed by atoms with Crippen molar-refractivity contribution in [2.24, 2.45) is 0 Å². The number of carbonyl (C=O) groups excluding carboxylic acids is 1. The van der Waals surface area contributed by atoms with Gasteiger partial charge in [0.05, 0.1) is 11.3 Å². The molecule has 134 valence electrons. The Balaban J connectivity index is 1.67. The zero-order valence-electron chi connectivity index (χ0n) is 13.6. The molecule has 1 aromatic carbocycles. The number of hydrogen-bond donors (Lipinski definition) is 0. The molecule has 0 N–H and O–H groups in total. The van der Waals surface area contributed by atoms with Crippen LogP contribution in [0.5, 0.6) is 0 Å². The summed E-state index contributed by atoms with van der Waals surface area (Å²) in [5.74, 6) is -0.476. The number of hydrogen-bond acceptors (Lipinski definition) is 5. The molecule has 0 aliphatic carbocycles. The predicted octanol–water partition coefficient (Wildman–Crippen LogP) is 4.42. The molecule has 0 saturated carbocycles. The van der Waals surface area contributed by atoms with Crippen LogP contribution in [0, 0.1) is 6.92 Å². The molecule has 0 bridgehead atoms. The maximum absolute atomic E-state index is 12.6. The van der Waals surface area contributed by atoms with Gasteiger partial charge in [-0.25, -0.2) is 9.78 Å². The summed E-state index contributed by atoms with van der Waals surface area (Å²) in [7, 11) is 0. The molecular weight excluding hydrogens is 349 g/mol. The maximum Gasteiger partial charge on any atom is 0.433 e. The smallest absolute Gasteiger partial charge is 0.433 e. The monoisotopic (exact) mass is 362 g/mol. The highest BCUT2D eigenvalue weighted by atomic mass is 19.4.